The third-order valence-electron chi connectivity index (χ3n) is 9.80. The van der Waals surface area contributed by atoms with Crippen molar-refractivity contribution in [3.8, 4) is 11.1 Å². The first-order valence-electron chi connectivity index (χ1n) is 17.4. The summed E-state index contributed by atoms with van der Waals surface area (Å²) in [6.45, 7) is 2.11. The van der Waals surface area contributed by atoms with Gasteiger partial charge in [-0.2, -0.15) is 26.3 Å². The molecule has 2 N–H and O–H groups in total. The number of nitrogens with zero attached hydrogens (tertiary/aromatic N) is 2. The molecule has 3 aromatic rings. The van der Waals surface area contributed by atoms with E-state index in [4.69, 9.17) is 0 Å². The van der Waals surface area contributed by atoms with E-state index in [0.29, 0.717) is 56.8 Å². The number of alkyl halides is 6. The van der Waals surface area contributed by atoms with Gasteiger partial charge in [-0.3, -0.25) is 14.4 Å². The molecular weight excluding hydrogens is 721 g/mol. The number of carbonyl (C=O) groups excluding carboxylic acids is 1. The van der Waals surface area contributed by atoms with Gasteiger partial charge in [-0.1, -0.05) is 25.7 Å². The number of nitrogens with one attached hydrogen (secondary N) is 1. The molecule has 3 heterocycles. The zero-order valence-electron chi connectivity index (χ0n) is 28.5. The average Bonchev–Trinajstić information content (AvgIpc) is 3.02. The maximum atomic E-state index is 15.9. The number of halogens is 9. The first kappa shape index (κ1) is 39.9. The highest BCUT2D eigenvalue weighted by molar-refractivity contribution is 5.82. The molecule has 2 aromatic carbocycles. The predicted octanol–water partition coefficient (Wildman–Crippen LogP) is 8.38. The number of fused-ring (bicyclic) bond motifs is 4. The van der Waals surface area contributed by atoms with Crippen LogP contribution in [0.2, 0.25) is 0 Å². The molecule has 7 nitrogen and oxygen atoms in total. The molecule has 0 unspecified atom stereocenters. The highest BCUT2D eigenvalue weighted by atomic mass is 19.4. The number of benzene rings is 2. The van der Waals surface area contributed by atoms with Crippen LogP contribution in [0.15, 0.2) is 41.3 Å². The minimum Gasteiger partial charge on any atom is -0.481 e. The van der Waals surface area contributed by atoms with Gasteiger partial charge >= 0.3 is 18.3 Å². The molecule has 53 heavy (non-hydrogen) atoms. The highest BCUT2D eigenvalue weighted by Gasteiger charge is 2.39. The summed E-state index contributed by atoms with van der Waals surface area (Å²) in [5.74, 6) is -7.01. The number of aliphatic carboxylic acids is 1. The molecule has 2 aliphatic rings. The molecule has 16 heteroatoms. The van der Waals surface area contributed by atoms with E-state index in [0.717, 1.165) is 42.4 Å². The standard InChI is InChI=1S/C37H38F9N3O4/c38-24-14-21-8-4-2-1-3-5-10-30(49-20-22(9-6-11-48-12-7-13-48)26(18-31(49)50)36(41,42)43)35(53)47-29(19-32(51)52)25-15-23(33(21)28(39)17-24)16-27(34(25)40)37(44,45)46/h14-18,20,29-30H,1-13,19H2,(H,47,53)(H,51,52)/t29-,30-/m0/s1. The predicted molar refractivity (Wildman–Crippen MR) is 175 cm³/mol. The van der Waals surface area contributed by atoms with Crippen LogP contribution in [0.5, 0.6) is 0 Å². The van der Waals surface area contributed by atoms with Crippen LogP contribution >= 0.6 is 0 Å². The lowest BCUT2D eigenvalue weighted by atomic mass is 9.89. The van der Waals surface area contributed by atoms with E-state index in [1.165, 1.54) is 0 Å². The minimum atomic E-state index is -5.38. The number of rotatable bonds is 7. The van der Waals surface area contributed by atoms with Gasteiger partial charge in [0.2, 0.25) is 5.91 Å². The molecule has 2 bridgehead atoms. The summed E-state index contributed by atoms with van der Waals surface area (Å²) in [4.78, 5) is 41.4. The van der Waals surface area contributed by atoms with Gasteiger partial charge in [0.1, 0.15) is 23.5 Å². The number of aryl methyl sites for hydroxylation is 2. The molecule has 1 saturated heterocycles. The molecule has 1 fully saturated rings. The minimum absolute atomic E-state index is 0.00141. The number of carboxylic acids is 1. The van der Waals surface area contributed by atoms with Crippen molar-refractivity contribution in [2.24, 2.45) is 0 Å². The molecule has 288 valence electrons. The van der Waals surface area contributed by atoms with Crippen molar-refractivity contribution in [1.29, 1.82) is 0 Å². The van der Waals surface area contributed by atoms with E-state index in [2.05, 4.69) is 5.32 Å². The molecular formula is C37H38F9N3O4. The summed E-state index contributed by atoms with van der Waals surface area (Å²) >= 11 is 0. The Morgan fingerprint density at radius 1 is 0.849 bits per heavy atom. The van der Waals surface area contributed by atoms with Crippen molar-refractivity contribution >= 4 is 11.9 Å². The summed E-state index contributed by atoms with van der Waals surface area (Å²) in [7, 11) is 0. The Balaban J connectivity index is 1.64. The molecule has 0 aliphatic carbocycles. The second kappa shape index (κ2) is 16.4. The molecule has 0 saturated carbocycles. The quantitative estimate of drug-likeness (QED) is 0.237. The Labute approximate surface area is 298 Å². The number of carboxylic acid groups (broad SMARTS) is 1. The normalized spacial score (nSPS) is 19.3. The number of amides is 1. The van der Waals surface area contributed by atoms with Crippen LogP contribution in [0.3, 0.4) is 0 Å². The zero-order valence-corrected chi connectivity index (χ0v) is 28.5. The summed E-state index contributed by atoms with van der Waals surface area (Å²) in [6, 6.07) is -0.694. The average molecular weight is 760 g/mol. The Bertz CT molecular complexity index is 1890. The fourth-order valence-electron chi connectivity index (χ4n) is 7.06. The molecule has 2 aliphatic heterocycles. The zero-order chi connectivity index (χ0) is 38.7. The Hall–Kier alpha value is -4.34. The maximum Gasteiger partial charge on any atom is 0.419 e. The van der Waals surface area contributed by atoms with Crippen molar-refractivity contribution in [3.05, 3.63) is 92.2 Å². The van der Waals surface area contributed by atoms with Crippen LogP contribution < -0.4 is 10.9 Å². The summed E-state index contributed by atoms with van der Waals surface area (Å²) in [5.41, 5.74) is -6.50. The van der Waals surface area contributed by atoms with Crippen molar-refractivity contribution < 1.29 is 54.2 Å². The van der Waals surface area contributed by atoms with Gasteiger partial charge < -0.3 is 19.9 Å². The number of hydrogen-bond acceptors (Lipinski definition) is 4. The molecule has 1 amide bonds. The summed E-state index contributed by atoms with van der Waals surface area (Å²) in [6.07, 6.45) is -7.41. The molecule has 2 atom stereocenters. The third kappa shape index (κ3) is 9.61. The van der Waals surface area contributed by atoms with E-state index in [1.807, 2.05) is 4.90 Å². The molecule has 5 rings (SSSR count). The number of pyridine rings is 1. The van der Waals surface area contributed by atoms with Crippen molar-refractivity contribution in [1.82, 2.24) is 14.8 Å². The fourth-order valence-corrected chi connectivity index (χ4v) is 7.06. The Kier molecular flexibility index (Phi) is 12.3. The van der Waals surface area contributed by atoms with Gasteiger partial charge in [0, 0.05) is 29.5 Å². The van der Waals surface area contributed by atoms with Crippen LogP contribution in [0, 0.1) is 17.5 Å². The molecule has 0 radical (unpaired) electrons. The van der Waals surface area contributed by atoms with Crippen molar-refractivity contribution in [3.63, 3.8) is 0 Å². The Morgan fingerprint density at radius 3 is 2.17 bits per heavy atom. The van der Waals surface area contributed by atoms with Crippen LogP contribution in [-0.4, -0.2) is 46.1 Å². The van der Waals surface area contributed by atoms with E-state index >= 15 is 8.78 Å². The van der Waals surface area contributed by atoms with E-state index in [9.17, 15) is 50.2 Å². The van der Waals surface area contributed by atoms with E-state index < -0.39 is 93.6 Å². The van der Waals surface area contributed by atoms with Gasteiger partial charge in [0.05, 0.1) is 23.6 Å². The lowest BCUT2D eigenvalue weighted by Crippen LogP contribution is -2.40. The van der Waals surface area contributed by atoms with E-state index in [1.54, 1.807) is 0 Å². The number of aromatic nitrogens is 1. The first-order chi connectivity index (χ1) is 24.9. The van der Waals surface area contributed by atoms with Crippen LogP contribution in [-0.2, 0) is 34.8 Å². The number of carbonyl (C=O) groups is 2. The van der Waals surface area contributed by atoms with Crippen molar-refractivity contribution in [2.45, 2.75) is 95.1 Å². The second-order valence-electron chi connectivity index (χ2n) is 13.6. The monoisotopic (exact) mass is 759 g/mol. The lowest BCUT2D eigenvalue weighted by molar-refractivity contribution is -0.140. The summed E-state index contributed by atoms with van der Waals surface area (Å²) in [5, 5.41) is 12.0. The summed E-state index contributed by atoms with van der Waals surface area (Å²) < 4.78 is 131. The van der Waals surface area contributed by atoms with Gasteiger partial charge in [-0.05, 0) is 93.0 Å². The Morgan fingerprint density at radius 2 is 1.53 bits per heavy atom. The van der Waals surface area contributed by atoms with E-state index in [-0.39, 0.29) is 36.8 Å². The fraction of sp³-hybridized carbons (Fsp3) is 0.486. The largest absolute Gasteiger partial charge is 0.481 e. The highest BCUT2D eigenvalue weighted by Crippen LogP contribution is 2.41. The SMILES string of the molecule is O=C(O)C[C@@H]1NC(=O)[C@@H](n2cc(CCCN3CCC3)c(C(F)(F)F)cc2=O)CCCCCCCc2cc(F)cc(F)c2-c2cc1c(F)c(C(F)(F)F)c2. The first-order valence-corrected chi connectivity index (χ1v) is 17.4. The van der Waals surface area contributed by atoms with Crippen LogP contribution in [0.4, 0.5) is 39.5 Å². The maximum absolute atomic E-state index is 15.9. The number of hydrogen-bond donors (Lipinski definition) is 2. The van der Waals surface area contributed by atoms with Gasteiger partial charge in [0.25, 0.3) is 5.56 Å². The molecule has 1 aromatic heterocycles. The second-order valence-corrected chi connectivity index (χ2v) is 13.6. The van der Waals surface area contributed by atoms with Gasteiger partial charge in [0.15, 0.2) is 0 Å². The van der Waals surface area contributed by atoms with Gasteiger partial charge in [-0.15, -0.1) is 0 Å². The van der Waals surface area contributed by atoms with Gasteiger partial charge in [-0.25, -0.2) is 13.2 Å². The third-order valence-corrected chi connectivity index (χ3v) is 9.80. The lowest BCUT2D eigenvalue weighted by Gasteiger charge is -2.30. The van der Waals surface area contributed by atoms with Crippen LogP contribution in [0.1, 0.15) is 97.7 Å². The number of likely N-dealkylation sites (tertiary alicyclic amines) is 1. The molecule has 0 spiro atoms. The smallest absolute Gasteiger partial charge is 0.419 e. The topological polar surface area (TPSA) is 91.6 Å². The van der Waals surface area contributed by atoms with Crippen LogP contribution in [0.25, 0.3) is 11.1 Å². The van der Waals surface area contributed by atoms with Crippen molar-refractivity contribution in [2.75, 3.05) is 19.6 Å².